The van der Waals surface area contributed by atoms with E-state index in [1.807, 2.05) is 19.1 Å². The maximum atomic E-state index is 12.3. The Morgan fingerprint density at radius 1 is 1.43 bits per heavy atom. The highest BCUT2D eigenvalue weighted by Gasteiger charge is 2.13. The summed E-state index contributed by atoms with van der Waals surface area (Å²) in [5.41, 5.74) is 7.81. The van der Waals surface area contributed by atoms with E-state index in [1.54, 1.807) is 13.2 Å². The van der Waals surface area contributed by atoms with Crippen LogP contribution < -0.4 is 11.1 Å². The van der Waals surface area contributed by atoms with E-state index >= 15 is 0 Å². The van der Waals surface area contributed by atoms with E-state index in [9.17, 15) is 4.79 Å². The van der Waals surface area contributed by atoms with Gasteiger partial charge in [-0.2, -0.15) is 0 Å². The van der Waals surface area contributed by atoms with Crippen LogP contribution in [0.15, 0.2) is 18.2 Å². The molecule has 0 aliphatic heterocycles. The van der Waals surface area contributed by atoms with Gasteiger partial charge in [0.15, 0.2) is 0 Å². The molecule has 1 aromatic rings. The Bertz CT molecular complexity index is 523. The molecular weight excluding hydrogens is 264 g/mol. The standard InChI is InChI=1S/C17H24N2O2/c1-4-6-16(12-21-3)19-17(20)15-10-13(2)9-14(11-15)7-5-8-18/h9-11,16H,4,6,8,12,18H2,1-3H3,(H,19,20). The van der Waals surface area contributed by atoms with Crippen molar-refractivity contribution in [2.24, 2.45) is 5.73 Å². The second-order valence-corrected chi connectivity index (χ2v) is 5.01. The summed E-state index contributed by atoms with van der Waals surface area (Å²) in [5.74, 6) is 5.68. The predicted octanol–water partition coefficient (Wildman–Crippen LogP) is 1.85. The number of hydrogen-bond donors (Lipinski definition) is 2. The molecule has 1 amide bonds. The molecule has 0 saturated carbocycles. The number of hydrogen-bond acceptors (Lipinski definition) is 3. The quantitative estimate of drug-likeness (QED) is 0.785. The van der Waals surface area contributed by atoms with Crippen molar-refractivity contribution in [2.75, 3.05) is 20.3 Å². The van der Waals surface area contributed by atoms with E-state index in [0.29, 0.717) is 18.7 Å². The van der Waals surface area contributed by atoms with Crippen molar-refractivity contribution in [1.82, 2.24) is 5.32 Å². The van der Waals surface area contributed by atoms with Crippen LogP contribution in [0.2, 0.25) is 0 Å². The highest BCUT2D eigenvalue weighted by molar-refractivity contribution is 5.95. The van der Waals surface area contributed by atoms with Crippen LogP contribution >= 0.6 is 0 Å². The summed E-state index contributed by atoms with van der Waals surface area (Å²) in [6.07, 6.45) is 1.89. The Labute approximate surface area is 127 Å². The fourth-order valence-corrected chi connectivity index (χ4v) is 2.15. The molecule has 1 aromatic carbocycles. The third-order valence-corrected chi connectivity index (χ3v) is 3.01. The molecule has 0 bridgehead atoms. The highest BCUT2D eigenvalue weighted by atomic mass is 16.5. The lowest BCUT2D eigenvalue weighted by Gasteiger charge is -2.17. The second-order valence-electron chi connectivity index (χ2n) is 5.01. The minimum Gasteiger partial charge on any atom is -0.383 e. The molecule has 1 unspecified atom stereocenters. The molecule has 0 heterocycles. The SMILES string of the molecule is CCCC(COC)NC(=O)c1cc(C)cc(C#CCN)c1. The van der Waals surface area contributed by atoms with Crippen molar-refractivity contribution in [3.8, 4) is 11.8 Å². The van der Waals surface area contributed by atoms with E-state index < -0.39 is 0 Å². The van der Waals surface area contributed by atoms with E-state index in [4.69, 9.17) is 10.5 Å². The van der Waals surface area contributed by atoms with E-state index in [-0.39, 0.29) is 11.9 Å². The van der Waals surface area contributed by atoms with Gasteiger partial charge in [0.25, 0.3) is 5.91 Å². The van der Waals surface area contributed by atoms with Crippen molar-refractivity contribution in [3.63, 3.8) is 0 Å². The van der Waals surface area contributed by atoms with Crippen LogP contribution in [-0.2, 0) is 4.74 Å². The van der Waals surface area contributed by atoms with Gasteiger partial charge in [0, 0.05) is 18.2 Å². The topological polar surface area (TPSA) is 64.3 Å². The second kappa shape index (κ2) is 9.17. The summed E-state index contributed by atoms with van der Waals surface area (Å²) >= 11 is 0. The number of methoxy groups -OCH3 is 1. The van der Waals surface area contributed by atoms with Gasteiger partial charge < -0.3 is 15.8 Å². The summed E-state index contributed by atoms with van der Waals surface area (Å²) in [5, 5.41) is 3.01. The first-order valence-corrected chi connectivity index (χ1v) is 7.21. The Balaban J connectivity index is 2.88. The van der Waals surface area contributed by atoms with Crippen molar-refractivity contribution in [2.45, 2.75) is 32.7 Å². The van der Waals surface area contributed by atoms with Crippen molar-refractivity contribution >= 4 is 5.91 Å². The third kappa shape index (κ3) is 5.99. The van der Waals surface area contributed by atoms with Crippen molar-refractivity contribution < 1.29 is 9.53 Å². The molecule has 0 aliphatic rings. The molecule has 3 N–H and O–H groups in total. The summed E-state index contributed by atoms with van der Waals surface area (Å²) in [7, 11) is 1.64. The maximum absolute atomic E-state index is 12.3. The van der Waals surface area contributed by atoms with E-state index in [0.717, 1.165) is 24.0 Å². The highest BCUT2D eigenvalue weighted by Crippen LogP contribution is 2.10. The number of carbonyl (C=O) groups excluding carboxylic acids is 1. The monoisotopic (exact) mass is 288 g/mol. The Morgan fingerprint density at radius 2 is 2.19 bits per heavy atom. The average Bonchev–Trinajstić information content (AvgIpc) is 2.45. The van der Waals surface area contributed by atoms with Gasteiger partial charge >= 0.3 is 0 Å². The lowest BCUT2D eigenvalue weighted by Crippen LogP contribution is -2.38. The zero-order valence-corrected chi connectivity index (χ0v) is 13.0. The van der Waals surface area contributed by atoms with Gasteiger partial charge in [-0.3, -0.25) is 4.79 Å². The minimum absolute atomic E-state index is 0.0339. The molecule has 114 valence electrons. The molecule has 4 heteroatoms. The maximum Gasteiger partial charge on any atom is 0.251 e. The van der Waals surface area contributed by atoms with Gasteiger partial charge in [0.05, 0.1) is 19.2 Å². The summed E-state index contributed by atoms with van der Waals surface area (Å²) in [6, 6.07) is 5.63. The Hall–Kier alpha value is -1.83. The largest absolute Gasteiger partial charge is 0.383 e. The normalized spacial score (nSPS) is 11.4. The zero-order chi connectivity index (χ0) is 15.7. The molecule has 0 spiro atoms. The summed E-state index contributed by atoms with van der Waals surface area (Å²) < 4.78 is 5.14. The molecule has 1 rings (SSSR count). The van der Waals surface area contributed by atoms with E-state index in [2.05, 4.69) is 24.1 Å². The first-order chi connectivity index (χ1) is 10.1. The zero-order valence-electron chi connectivity index (χ0n) is 13.0. The number of aryl methyl sites for hydroxylation is 1. The van der Waals surface area contributed by atoms with Crippen LogP contribution in [0.4, 0.5) is 0 Å². The van der Waals surface area contributed by atoms with Gasteiger partial charge in [-0.25, -0.2) is 0 Å². The van der Waals surface area contributed by atoms with Crippen LogP contribution in [-0.4, -0.2) is 32.2 Å². The van der Waals surface area contributed by atoms with Crippen LogP contribution in [0.1, 0.15) is 41.3 Å². The number of nitrogens with two attached hydrogens (primary N) is 1. The first kappa shape index (κ1) is 17.2. The molecule has 0 aliphatic carbocycles. The molecule has 21 heavy (non-hydrogen) atoms. The van der Waals surface area contributed by atoms with Crippen LogP contribution in [0.25, 0.3) is 0 Å². The van der Waals surface area contributed by atoms with Gasteiger partial charge in [-0.05, 0) is 37.1 Å². The number of nitrogens with one attached hydrogen (secondary N) is 1. The molecule has 0 radical (unpaired) electrons. The lowest BCUT2D eigenvalue weighted by atomic mass is 10.1. The van der Waals surface area contributed by atoms with Crippen molar-refractivity contribution in [1.29, 1.82) is 0 Å². The number of benzene rings is 1. The molecular formula is C17H24N2O2. The van der Waals surface area contributed by atoms with Gasteiger partial charge in [-0.15, -0.1) is 0 Å². The van der Waals surface area contributed by atoms with E-state index in [1.165, 1.54) is 0 Å². The van der Waals surface area contributed by atoms with Crippen LogP contribution in [0.3, 0.4) is 0 Å². The van der Waals surface area contributed by atoms with Gasteiger partial charge in [0.2, 0.25) is 0 Å². The Kier molecular flexibility index (Phi) is 7.52. The molecule has 0 fully saturated rings. The molecule has 0 saturated heterocycles. The predicted molar refractivity (Wildman–Crippen MR) is 85.1 cm³/mol. The lowest BCUT2D eigenvalue weighted by molar-refractivity contribution is 0.0891. The first-order valence-electron chi connectivity index (χ1n) is 7.21. The number of rotatable bonds is 6. The molecule has 1 atom stereocenters. The fourth-order valence-electron chi connectivity index (χ4n) is 2.15. The summed E-state index contributed by atoms with van der Waals surface area (Å²) in [4.78, 5) is 12.3. The molecule has 0 aromatic heterocycles. The fraction of sp³-hybridized carbons (Fsp3) is 0.471. The van der Waals surface area contributed by atoms with Crippen molar-refractivity contribution in [3.05, 3.63) is 34.9 Å². The minimum atomic E-state index is -0.0926. The molecule has 4 nitrogen and oxygen atoms in total. The summed E-state index contributed by atoms with van der Waals surface area (Å²) in [6.45, 7) is 4.86. The number of amides is 1. The number of carbonyl (C=O) groups is 1. The van der Waals surface area contributed by atoms with Gasteiger partial charge in [-0.1, -0.05) is 25.2 Å². The van der Waals surface area contributed by atoms with Gasteiger partial charge in [0.1, 0.15) is 0 Å². The number of ether oxygens (including phenoxy) is 1. The average molecular weight is 288 g/mol. The van der Waals surface area contributed by atoms with Crippen LogP contribution in [0, 0.1) is 18.8 Å². The van der Waals surface area contributed by atoms with Crippen LogP contribution in [0.5, 0.6) is 0 Å². The Morgan fingerprint density at radius 3 is 2.81 bits per heavy atom. The third-order valence-electron chi connectivity index (χ3n) is 3.01. The smallest absolute Gasteiger partial charge is 0.251 e.